The summed E-state index contributed by atoms with van der Waals surface area (Å²) in [5, 5.41) is 6.07. The van der Waals surface area contributed by atoms with Crippen molar-refractivity contribution in [2.24, 2.45) is 0 Å². The van der Waals surface area contributed by atoms with E-state index in [1.165, 1.54) is 0 Å². The number of aryl methyl sites for hydroxylation is 1. The molecule has 2 aromatic rings. The van der Waals surface area contributed by atoms with Crippen LogP contribution in [0.2, 0.25) is 0 Å². The number of hydrogen-bond acceptors (Lipinski definition) is 5. The highest BCUT2D eigenvalue weighted by molar-refractivity contribution is 5.92. The van der Waals surface area contributed by atoms with Gasteiger partial charge in [0.15, 0.2) is 0 Å². The predicted molar refractivity (Wildman–Crippen MR) is 104 cm³/mol. The van der Waals surface area contributed by atoms with Crippen LogP contribution in [0, 0.1) is 6.92 Å². The van der Waals surface area contributed by atoms with Crippen LogP contribution in [0.1, 0.15) is 56.2 Å². The van der Waals surface area contributed by atoms with Crippen LogP contribution in [0.3, 0.4) is 0 Å². The molecule has 0 spiro atoms. The summed E-state index contributed by atoms with van der Waals surface area (Å²) in [6, 6.07) is 9.30. The molecule has 1 aromatic carbocycles. The summed E-state index contributed by atoms with van der Waals surface area (Å²) in [6.07, 6.45) is 3.25. The molecule has 0 bridgehead atoms. The molecule has 0 radical (unpaired) electrons. The van der Waals surface area contributed by atoms with Gasteiger partial charge < -0.3 is 15.4 Å². The van der Waals surface area contributed by atoms with Crippen LogP contribution in [0.5, 0.6) is 5.75 Å². The molecule has 0 fully saturated rings. The van der Waals surface area contributed by atoms with Gasteiger partial charge in [-0.05, 0) is 45.4 Å². The van der Waals surface area contributed by atoms with Gasteiger partial charge in [0.05, 0.1) is 11.8 Å². The Kier molecular flexibility index (Phi) is 7.38. The molecule has 0 saturated heterocycles. The quantitative estimate of drug-likeness (QED) is 0.657. The second kappa shape index (κ2) is 9.75. The number of nitrogens with zero attached hydrogens (tertiary/aromatic N) is 2. The van der Waals surface area contributed by atoms with E-state index in [2.05, 4.69) is 27.5 Å². The van der Waals surface area contributed by atoms with Crippen LogP contribution < -0.4 is 15.4 Å². The van der Waals surface area contributed by atoms with Crippen molar-refractivity contribution in [1.82, 2.24) is 15.3 Å². The van der Waals surface area contributed by atoms with Gasteiger partial charge in [-0.2, -0.15) is 0 Å². The number of rotatable bonds is 9. The Bertz CT molecular complexity index is 732. The molecule has 6 nitrogen and oxygen atoms in total. The minimum atomic E-state index is -0.179. The molecule has 0 aliphatic rings. The predicted octanol–water partition coefficient (Wildman–Crippen LogP) is 4.24. The largest absolute Gasteiger partial charge is 0.489 e. The van der Waals surface area contributed by atoms with E-state index in [0.29, 0.717) is 18.2 Å². The van der Waals surface area contributed by atoms with Crippen molar-refractivity contribution in [2.75, 3.05) is 11.9 Å². The maximum absolute atomic E-state index is 12.3. The highest BCUT2D eigenvalue weighted by atomic mass is 16.5. The van der Waals surface area contributed by atoms with Crippen LogP contribution in [-0.2, 0) is 0 Å². The van der Waals surface area contributed by atoms with Crippen LogP contribution in [-0.4, -0.2) is 28.5 Å². The van der Waals surface area contributed by atoms with Crippen molar-refractivity contribution in [1.29, 1.82) is 0 Å². The molecule has 0 aliphatic heterocycles. The number of ether oxygens (including phenoxy) is 1. The fourth-order valence-electron chi connectivity index (χ4n) is 2.46. The van der Waals surface area contributed by atoms with E-state index >= 15 is 0 Å². The molecule has 1 amide bonds. The van der Waals surface area contributed by atoms with Gasteiger partial charge in [0.2, 0.25) is 5.95 Å². The topological polar surface area (TPSA) is 76.1 Å². The van der Waals surface area contributed by atoms with Gasteiger partial charge in [0.25, 0.3) is 5.91 Å². The molecule has 1 aromatic heterocycles. The molecular formula is C20H28N4O2. The summed E-state index contributed by atoms with van der Waals surface area (Å²) in [5.74, 6) is 0.919. The van der Waals surface area contributed by atoms with Gasteiger partial charge in [-0.1, -0.05) is 31.9 Å². The lowest BCUT2D eigenvalue weighted by molar-refractivity contribution is 0.0948. The Balaban J connectivity index is 2.14. The van der Waals surface area contributed by atoms with E-state index in [0.717, 1.165) is 36.4 Å². The molecule has 140 valence electrons. The van der Waals surface area contributed by atoms with Gasteiger partial charge in [0, 0.05) is 12.2 Å². The lowest BCUT2D eigenvalue weighted by Gasteiger charge is -2.15. The first kappa shape index (κ1) is 19.7. The number of benzene rings is 1. The number of nitrogens with one attached hydrogen (secondary N) is 2. The fraction of sp³-hybridized carbons (Fsp3) is 0.450. The SMILES string of the molecule is CCCCCNC(=O)c1cc(C)nc(Nc2ccccc2OC(C)C)n1. The minimum Gasteiger partial charge on any atom is -0.489 e. The van der Waals surface area contributed by atoms with Gasteiger partial charge in [-0.15, -0.1) is 0 Å². The molecule has 0 unspecified atom stereocenters. The van der Waals surface area contributed by atoms with E-state index in [1.807, 2.05) is 45.0 Å². The van der Waals surface area contributed by atoms with Crippen molar-refractivity contribution >= 4 is 17.5 Å². The standard InChI is InChI=1S/C20H28N4O2/c1-5-6-9-12-21-19(25)17-13-15(4)22-20(24-17)23-16-10-7-8-11-18(16)26-14(2)3/h7-8,10-11,13-14H,5-6,9,12H2,1-4H3,(H,21,25)(H,22,23,24). The highest BCUT2D eigenvalue weighted by Crippen LogP contribution is 2.27. The zero-order valence-electron chi connectivity index (χ0n) is 16.0. The Morgan fingerprint density at radius 1 is 1.19 bits per heavy atom. The Labute approximate surface area is 155 Å². The second-order valence-electron chi connectivity index (χ2n) is 6.47. The summed E-state index contributed by atoms with van der Waals surface area (Å²) < 4.78 is 5.80. The summed E-state index contributed by atoms with van der Waals surface area (Å²) in [5.41, 5.74) is 1.85. The number of amides is 1. The van der Waals surface area contributed by atoms with E-state index in [4.69, 9.17) is 4.74 Å². The van der Waals surface area contributed by atoms with Crippen molar-refractivity contribution in [3.8, 4) is 5.75 Å². The first-order chi connectivity index (χ1) is 12.5. The van der Waals surface area contributed by atoms with Crippen LogP contribution in [0.4, 0.5) is 11.6 Å². The van der Waals surface area contributed by atoms with Gasteiger partial charge >= 0.3 is 0 Å². The second-order valence-corrected chi connectivity index (χ2v) is 6.47. The van der Waals surface area contributed by atoms with Crippen molar-refractivity contribution in [2.45, 2.75) is 53.1 Å². The third-order valence-corrected chi connectivity index (χ3v) is 3.65. The van der Waals surface area contributed by atoms with E-state index in [-0.39, 0.29) is 12.0 Å². The van der Waals surface area contributed by atoms with Crippen molar-refractivity contribution in [3.63, 3.8) is 0 Å². The molecule has 6 heteroatoms. The van der Waals surface area contributed by atoms with Gasteiger partial charge in [0.1, 0.15) is 11.4 Å². The third-order valence-electron chi connectivity index (χ3n) is 3.65. The van der Waals surface area contributed by atoms with Crippen LogP contribution in [0.15, 0.2) is 30.3 Å². The highest BCUT2D eigenvalue weighted by Gasteiger charge is 2.12. The molecule has 0 atom stereocenters. The first-order valence-corrected chi connectivity index (χ1v) is 9.16. The molecular weight excluding hydrogens is 328 g/mol. The Hall–Kier alpha value is -2.63. The molecule has 1 heterocycles. The number of carbonyl (C=O) groups excluding carboxylic acids is 1. The number of unbranched alkanes of at least 4 members (excludes halogenated alkanes) is 2. The average molecular weight is 356 g/mol. The number of anilines is 2. The van der Waals surface area contributed by atoms with E-state index in [9.17, 15) is 4.79 Å². The van der Waals surface area contributed by atoms with E-state index in [1.54, 1.807) is 6.07 Å². The van der Waals surface area contributed by atoms with Gasteiger partial charge in [-0.25, -0.2) is 9.97 Å². The lowest BCUT2D eigenvalue weighted by atomic mass is 10.2. The molecule has 2 rings (SSSR count). The van der Waals surface area contributed by atoms with Crippen LogP contribution >= 0.6 is 0 Å². The smallest absolute Gasteiger partial charge is 0.270 e. The zero-order valence-corrected chi connectivity index (χ0v) is 16.0. The molecule has 0 saturated carbocycles. The minimum absolute atomic E-state index is 0.0563. The first-order valence-electron chi connectivity index (χ1n) is 9.16. The Morgan fingerprint density at radius 3 is 2.69 bits per heavy atom. The maximum atomic E-state index is 12.3. The van der Waals surface area contributed by atoms with Crippen molar-refractivity contribution < 1.29 is 9.53 Å². The van der Waals surface area contributed by atoms with Gasteiger partial charge in [-0.3, -0.25) is 4.79 Å². The summed E-state index contributed by atoms with van der Waals surface area (Å²) >= 11 is 0. The summed E-state index contributed by atoms with van der Waals surface area (Å²) in [7, 11) is 0. The molecule has 2 N–H and O–H groups in total. The number of aromatic nitrogens is 2. The van der Waals surface area contributed by atoms with Crippen LogP contribution in [0.25, 0.3) is 0 Å². The lowest BCUT2D eigenvalue weighted by Crippen LogP contribution is -2.26. The summed E-state index contributed by atoms with van der Waals surface area (Å²) in [4.78, 5) is 21.1. The normalized spacial score (nSPS) is 10.7. The van der Waals surface area contributed by atoms with E-state index < -0.39 is 0 Å². The maximum Gasteiger partial charge on any atom is 0.270 e. The van der Waals surface area contributed by atoms with Crippen molar-refractivity contribution in [3.05, 3.63) is 41.7 Å². The molecule has 26 heavy (non-hydrogen) atoms. The Morgan fingerprint density at radius 2 is 1.96 bits per heavy atom. The number of hydrogen-bond donors (Lipinski definition) is 2. The fourth-order valence-corrected chi connectivity index (χ4v) is 2.46. The third kappa shape index (κ3) is 6.02. The number of carbonyl (C=O) groups is 1. The average Bonchev–Trinajstić information content (AvgIpc) is 2.59. The summed E-state index contributed by atoms with van der Waals surface area (Å²) in [6.45, 7) is 8.58. The monoisotopic (exact) mass is 356 g/mol. The molecule has 0 aliphatic carbocycles. The zero-order chi connectivity index (χ0) is 18.9. The number of para-hydroxylation sites is 2.